The Morgan fingerprint density at radius 1 is 1.47 bits per heavy atom. The number of nitrogens with one attached hydrogen (secondary N) is 1. The van der Waals surface area contributed by atoms with Crippen molar-refractivity contribution >= 4 is 17.5 Å². The zero-order chi connectivity index (χ0) is 13.8. The van der Waals surface area contributed by atoms with E-state index in [1.54, 1.807) is 12.4 Å². The number of rotatable bonds is 4. The lowest BCUT2D eigenvalue weighted by atomic mass is 9.94. The summed E-state index contributed by atoms with van der Waals surface area (Å²) in [5.74, 6) is -0.0656. The second-order valence-electron chi connectivity index (χ2n) is 5.40. The van der Waals surface area contributed by atoms with Crippen LogP contribution in [0, 0.1) is 5.92 Å². The van der Waals surface area contributed by atoms with Crippen LogP contribution in [-0.4, -0.2) is 11.1 Å². The van der Waals surface area contributed by atoms with Crippen molar-refractivity contribution < 1.29 is 10.0 Å². The molecule has 2 rings (SSSR count). The first-order valence-electron chi connectivity index (χ1n) is 6.84. The maximum absolute atomic E-state index is 11.4. The lowest BCUT2D eigenvalue weighted by Crippen LogP contribution is -2.24. The molecule has 1 aliphatic carbocycles. The fourth-order valence-electron chi connectivity index (χ4n) is 2.77. The van der Waals surface area contributed by atoms with Gasteiger partial charge in [0.1, 0.15) is 0 Å². The molecule has 0 aliphatic heterocycles. The number of hydrogen-bond acceptors (Lipinski definition) is 2. The molecule has 0 heterocycles. The highest BCUT2D eigenvalue weighted by molar-refractivity contribution is 6.31. The molecule has 3 nitrogen and oxygen atoms in total. The normalized spacial score (nSPS) is 17.4. The Morgan fingerprint density at radius 3 is 2.74 bits per heavy atom. The van der Waals surface area contributed by atoms with Gasteiger partial charge < -0.3 is 0 Å². The standard InChI is InChI=1S/C15H20ClNO2/c1-10(15(18)17-19)12-6-7-13(14(16)9-12)8-11-4-2-3-5-11/h6-7,9-11,19H,2-5,8H2,1H3,(H,17,18). The topological polar surface area (TPSA) is 49.3 Å². The van der Waals surface area contributed by atoms with E-state index in [0.29, 0.717) is 0 Å². The van der Waals surface area contributed by atoms with E-state index in [1.807, 2.05) is 18.2 Å². The van der Waals surface area contributed by atoms with Crippen LogP contribution in [0.1, 0.15) is 49.7 Å². The van der Waals surface area contributed by atoms with Crippen molar-refractivity contribution in [2.75, 3.05) is 0 Å². The van der Waals surface area contributed by atoms with Gasteiger partial charge in [-0.2, -0.15) is 0 Å². The van der Waals surface area contributed by atoms with Gasteiger partial charge in [-0.05, 0) is 36.5 Å². The van der Waals surface area contributed by atoms with Crippen LogP contribution in [0.15, 0.2) is 18.2 Å². The van der Waals surface area contributed by atoms with Crippen molar-refractivity contribution in [1.29, 1.82) is 0 Å². The minimum Gasteiger partial charge on any atom is -0.289 e. The Morgan fingerprint density at radius 2 is 2.16 bits per heavy atom. The molecule has 1 atom stereocenters. The van der Waals surface area contributed by atoms with E-state index >= 15 is 0 Å². The van der Waals surface area contributed by atoms with Crippen LogP contribution < -0.4 is 5.48 Å². The van der Waals surface area contributed by atoms with Gasteiger partial charge in [0.15, 0.2) is 0 Å². The SMILES string of the molecule is CC(C(=O)NO)c1ccc(CC2CCCC2)c(Cl)c1. The van der Waals surface area contributed by atoms with Crippen molar-refractivity contribution in [3.8, 4) is 0 Å². The van der Waals surface area contributed by atoms with Crippen LogP contribution >= 0.6 is 11.6 Å². The van der Waals surface area contributed by atoms with E-state index in [1.165, 1.54) is 25.7 Å². The van der Waals surface area contributed by atoms with Gasteiger partial charge in [-0.3, -0.25) is 10.0 Å². The van der Waals surface area contributed by atoms with E-state index in [9.17, 15) is 4.79 Å². The molecule has 19 heavy (non-hydrogen) atoms. The van der Waals surface area contributed by atoms with Crippen molar-refractivity contribution in [3.05, 3.63) is 34.3 Å². The van der Waals surface area contributed by atoms with Gasteiger partial charge in [0.25, 0.3) is 5.91 Å². The molecule has 1 unspecified atom stereocenters. The zero-order valence-corrected chi connectivity index (χ0v) is 11.9. The maximum Gasteiger partial charge on any atom is 0.250 e. The summed E-state index contributed by atoms with van der Waals surface area (Å²) in [5.41, 5.74) is 3.66. The predicted octanol–water partition coefficient (Wildman–Crippen LogP) is 3.68. The Labute approximate surface area is 118 Å². The third-order valence-electron chi connectivity index (χ3n) is 4.06. The number of hydrogen-bond donors (Lipinski definition) is 2. The molecule has 1 fully saturated rings. The van der Waals surface area contributed by atoms with Crippen LogP contribution in [0.2, 0.25) is 5.02 Å². The average molecular weight is 282 g/mol. The number of halogens is 1. The molecule has 1 saturated carbocycles. The first-order valence-corrected chi connectivity index (χ1v) is 7.22. The first kappa shape index (κ1) is 14.4. The minimum absolute atomic E-state index is 0.400. The van der Waals surface area contributed by atoms with Gasteiger partial charge in [-0.1, -0.05) is 49.4 Å². The smallest absolute Gasteiger partial charge is 0.250 e. The summed E-state index contributed by atoms with van der Waals surface area (Å²) in [4.78, 5) is 11.4. The van der Waals surface area contributed by atoms with Gasteiger partial charge in [0.2, 0.25) is 0 Å². The van der Waals surface area contributed by atoms with E-state index in [-0.39, 0.29) is 0 Å². The highest BCUT2D eigenvalue weighted by atomic mass is 35.5. The van der Waals surface area contributed by atoms with Crippen LogP contribution in [0.25, 0.3) is 0 Å². The molecule has 0 aromatic heterocycles. The lowest BCUT2D eigenvalue weighted by molar-refractivity contribution is -0.130. The number of amides is 1. The number of benzene rings is 1. The highest BCUT2D eigenvalue weighted by Crippen LogP contribution is 2.31. The number of carbonyl (C=O) groups is 1. The Balaban J connectivity index is 2.10. The Kier molecular flexibility index (Phi) is 4.83. The summed E-state index contributed by atoms with van der Waals surface area (Å²) >= 11 is 6.31. The second-order valence-corrected chi connectivity index (χ2v) is 5.81. The van der Waals surface area contributed by atoms with Gasteiger partial charge in [0, 0.05) is 5.02 Å². The molecular weight excluding hydrogens is 262 g/mol. The summed E-state index contributed by atoms with van der Waals surface area (Å²) in [7, 11) is 0. The van der Waals surface area contributed by atoms with Gasteiger partial charge in [-0.15, -0.1) is 0 Å². The molecule has 0 spiro atoms. The van der Waals surface area contributed by atoms with Crippen LogP contribution in [0.4, 0.5) is 0 Å². The molecule has 1 amide bonds. The highest BCUT2D eigenvalue weighted by Gasteiger charge is 2.19. The third-order valence-corrected chi connectivity index (χ3v) is 4.42. The summed E-state index contributed by atoms with van der Waals surface area (Å²) in [5, 5.41) is 9.37. The van der Waals surface area contributed by atoms with E-state index < -0.39 is 11.8 Å². The summed E-state index contributed by atoms with van der Waals surface area (Å²) in [6.07, 6.45) is 6.27. The van der Waals surface area contributed by atoms with Crippen molar-refractivity contribution in [1.82, 2.24) is 5.48 Å². The largest absolute Gasteiger partial charge is 0.289 e. The summed E-state index contributed by atoms with van der Waals surface area (Å²) in [6, 6.07) is 5.78. The molecule has 104 valence electrons. The fraction of sp³-hybridized carbons (Fsp3) is 0.533. The molecule has 0 saturated heterocycles. The molecule has 1 aliphatic rings. The molecule has 1 aromatic carbocycles. The summed E-state index contributed by atoms with van der Waals surface area (Å²) < 4.78 is 0. The fourth-order valence-corrected chi connectivity index (χ4v) is 3.04. The number of carbonyl (C=O) groups excluding carboxylic acids is 1. The van der Waals surface area contributed by atoms with Crippen LogP contribution in [-0.2, 0) is 11.2 Å². The Bertz CT molecular complexity index is 455. The van der Waals surface area contributed by atoms with Crippen LogP contribution in [0.5, 0.6) is 0 Å². The molecular formula is C15H20ClNO2. The van der Waals surface area contributed by atoms with Gasteiger partial charge in [-0.25, -0.2) is 5.48 Å². The van der Waals surface area contributed by atoms with Crippen molar-refractivity contribution in [2.45, 2.75) is 44.9 Å². The molecule has 0 bridgehead atoms. The van der Waals surface area contributed by atoms with Crippen molar-refractivity contribution in [2.24, 2.45) is 5.92 Å². The van der Waals surface area contributed by atoms with E-state index in [4.69, 9.17) is 16.8 Å². The van der Waals surface area contributed by atoms with Crippen LogP contribution in [0.3, 0.4) is 0 Å². The minimum atomic E-state index is -0.417. The second kappa shape index (κ2) is 6.40. The van der Waals surface area contributed by atoms with Gasteiger partial charge >= 0.3 is 0 Å². The quantitative estimate of drug-likeness (QED) is 0.653. The Hall–Kier alpha value is -1.06. The molecule has 2 N–H and O–H groups in total. The number of hydroxylamine groups is 1. The maximum atomic E-state index is 11.4. The molecule has 4 heteroatoms. The van der Waals surface area contributed by atoms with Crippen molar-refractivity contribution in [3.63, 3.8) is 0 Å². The average Bonchev–Trinajstić information content (AvgIpc) is 2.92. The first-order chi connectivity index (χ1) is 9.11. The molecule has 0 radical (unpaired) electrons. The van der Waals surface area contributed by atoms with E-state index in [0.717, 1.165) is 28.5 Å². The molecule has 1 aromatic rings. The summed E-state index contributed by atoms with van der Waals surface area (Å²) in [6.45, 7) is 1.74. The van der Waals surface area contributed by atoms with E-state index in [2.05, 4.69) is 0 Å². The van der Waals surface area contributed by atoms with Gasteiger partial charge in [0.05, 0.1) is 5.92 Å². The lowest BCUT2D eigenvalue weighted by Gasteiger charge is -2.14. The zero-order valence-electron chi connectivity index (χ0n) is 11.2. The monoisotopic (exact) mass is 281 g/mol. The third kappa shape index (κ3) is 3.48. The predicted molar refractivity (Wildman–Crippen MR) is 75.5 cm³/mol.